The highest BCUT2D eigenvalue weighted by atomic mass is 16.4. The van der Waals surface area contributed by atoms with Crippen LogP contribution in [0.3, 0.4) is 0 Å². The number of furan rings is 1. The predicted molar refractivity (Wildman–Crippen MR) is 81.5 cm³/mol. The molecule has 2 aromatic rings. The van der Waals surface area contributed by atoms with Crippen molar-refractivity contribution in [2.24, 2.45) is 0 Å². The Hall–Kier alpha value is -2.33. The highest BCUT2D eigenvalue weighted by Crippen LogP contribution is 2.11. The van der Waals surface area contributed by atoms with E-state index in [1.807, 2.05) is 37.3 Å². The van der Waals surface area contributed by atoms with Crippen LogP contribution in [0.4, 0.5) is 0 Å². The van der Waals surface area contributed by atoms with Crippen LogP contribution in [0.2, 0.25) is 0 Å². The third-order valence-corrected chi connectivity index (χ3v) is 3.06. The van der Waals surface area contributed by atoms with Gasteiger partial charge >= 0.3 is 0 Å². The summed E-state index contributed by atoms with van der Waals surface area (Å²) < 4.78 is 5.06. The summed E-state index contributed by atoms with van der Waals surface area (Å²) in [5.74, 6) is 0.314. The van der Waals surface area contributed by atoms with Crippen molar-refractivity contribution in [3.8, 4) is 0 Å². The number of hydrogen-bond donors (Lipinski definition) is 2. The van der Waals surface area contributed by atoms with Gasteiger partial charge in [-0.25, -0.2) is 0 Å². The Morgan fingerprint density at radius 3 is 2.76 bits per heavy atom. The second-order valence-corrected chi connectivity index (χ2v) is 4.85. The molecular weight excluding hydrogens is 266 g/mol. The lowest BCUT2D eigenvalue weighted by atomic mass is 10.1. The predicted octanol–water partition coefficient (Wildman–Crippen LogP) is 2.84. The van der Waals surface area contributed by atoms with Crippen molar-refractivity contribution in [2.75, 3.05) is 6.54 Å². The Bertz CT molecular complexity index is 585. The first kappa shape index (κ1) is 15.1. The van der Waals surface area contributed by atoms with E-state index in [9.17, 15) is 9.90 Å². The summed E-state index contributed by atoms with van der Waals surface area (Å²) in [7, 11) is 0. The summed E-state index contributed by atoms with van der Waals surface area (Å²) in [6, 6.07) is 11.4. The minimum Gasteiger partial charge on any atom is -0.467 e. The molecule has 1 amide bonds. The van der Waals surface area contributed by atoms with Crippen molar-refractivity contribution in [3.05, 3.63) is 65.6 Å². The van der Waals surface area contributed by atoms with E-state index >= 15 is 0 Å². The van der Waals surface area contributed by atoms with Gasteiger partial charge in [0.05, 0.1) is 12.8 Å². The molecule has 2 rings (SSSR count). The molecule has 0 aliphatic heterocycles. The van der Waals surface area contributed by atoms with Crippen LogP contribution in [-0.2, 0) is 4.79 Å². The molecule has 0 bridgehead atoms. The summed E-state index contributed by atoms with van der Waals surface area (Å²) >= 11 is 0. The molecule has 4 nitrogen and oxygen atoms in total. The van der Waals surface area contributed by atoms with Gasteiger partial charge in [0.2, 0.25) is 5.91 Å². The molecule has 0 saturated heterocycles. The first-order valence-electron chi connectivity index (χ1n) is 6.86. The average molecular weight is 285 g/mol. The van der Waals surface area contributed by atoms with E-state index in [0.717, 1.165) is 5.56 Å². The molecule has 0 aliphatic rings. The van der Waals surface area contributed by atoms with Gasteiger partial charge in [0.25, 0.3) is 0 Å². The zero-order valence-corrected chi connectivity index (χ0v) is 12.0. The number of aliphatic hydroxyl groups excluding tert-OH is 1. The fraction of sp³-hybridized carbons (Fsp3) is 0.235. The minimum atomic E-state index is -0.815. The van der Waals surface area contributed by atoms with Gasteiger partial charge in [-0.15, -0.1) is 0 Å². The van der Waals surface area contributed by atoms with Crippen LogP contribution in [0.15, 0.2) is 53.2 Å². The number of benzene rings is 1. The highest BCUT2D eigenvalue weighted by molar-refractivity contribution is 5.78. The molecule has 0 spiro atoms. The molecule has 21 heavy (non-hydrogen) atoms. The maximum Gasteiger partial charge on any atom is 0.223 e. The Balaban J connectivity index is 1.73. The molecule has 1 aromatic carbocycles. The van der Waals surface area contributed by atoms with Crippen LogP contribution in [0, 0.1) is 6.92 Å². The third kappa shape index (κ3) is 4.93. The number of amides is 1. The van der Waals surface area contributed by atoms with E-state index in [1.54, 1.807) is 18.2 Å². The van der Waals surface area contributed by atoms with Crippen LogP contribution in [0.1, 0.15) is 29.4 Å². The SMILES string of the molecule is Cc1ccc(/C=C/CC(=O)NCC(O)c2ccco2)cc1. The Morgan fingerprint density at radius 2 is 2.10 bits per heavy atom. The van der Waals surface area contributed by atoms with Gasteiger partial charge in [0.1, 0.15) is 11.9 Å². The van der Waals surface area contributed by atoms with Gasteiger partial charge in [-0.2, -0.15) is 0 Å². The monoisotopic (exact) mass is 285 g/mol. The first-order chi connectivity index (χ1) is 10.1. The molecule has 4 heteroatoms. The number of nitrogens with one attached hydrogen (secondary N) is 1. The highest BCUT2D eigenvalue weighted by Gasteiger charge is 2.10. The van der Waals surface area contributed by atoms with Crippen molar-refractivity contribution < 1.29 is 14.3 Å². The van der Waals surface area contributed by atoms with E-state index in [2.05, 4.69) is 5.32 Å². The lowest BCUT2D eigenvalue weighted by molar-refractivity contribution is -0.120. The summed E-state index contributed by atoms with van der Waals surface area (Å²) in [6.45, 7) is 2.18. The van der Waals surface area contributed by atoms with Crippen LogP contribution in [0.5, 0.6) is 0 Å². The molecule has 110 valence electrons. The zero-order chi connectivity index (χ0) is 15.1. The lowest BCUT2D eigenvalue weighted by Crippen LogP contribution is -2.27. The molecule has 1 aromatic heterocycles. The van der Waals surface area contributed by atoms with Crippen molar-refractivity contribution in [1.29, 1.82) is 0 Å². The van der Waals surface area contributed by atoms with E-state index in [-0.39, 0.29) is 18.9 Å². The van der Waals surface area contributed by atoms with Crippen molar-refractivity contribution in [1.82, 2.24) is 5.32 Å². The summed E-state index contributed by atoms with van der Waals surface area (Å²) in [6.07, 6.45) is 4.66. The van der Waals surface area contributed by atoms with Crippen LogP contribution in [-0.4, -0.2) is 17.6 Å². The van der Waals surface area contributed by atoms with E-state index in [4.69, 9.17) is 4.42 Å². The van der Waals surface area contributed by atoms with Crippen LogP contribution < -0.4 is 5.32 Å². The average Bonchev–Trinajstić information content (AvgIpc) is 3.01. The second kappa shape index (κ2) is 7.45. The van der Waals surface area contributed by atoms with Gasteiger partial charge in [0, 0.05) is 6.42 Å². The fourth-order valence-electron chi connectivity index (χ4n) is 1.84. The Morgan fingerprint density at radius 1 is 1.33 bits per heavy atom. The quantitative estimate of drug-likeness (QED) is 0.858. The first-order valence-corrected chi connectivity index (χ1v) is 6.86. The molecule has 0 aliphatic carbocycles. The Labute approximate surface area is 124 Å². The van der Waals surface area contributed by atoms with Crippen molar-refractivity contribution >= 4 is 12.0 Å². The number of carbonyl (C=O) groups excluding carboxylic acids is 1. The van der Waals surface area contributed by atoms with Crippen molar-refractivity contribution in [3.63, 3.8) is 0 Å². The van der Waals surface area contributed by atoms with Gasteiger partial charge in [-0.05, 0) is 24.6 Å². The topological polar surface area (TPSA) is 62.5 Å². The summed E-state index contributed by atoms with van der Waals surface area (Å²) in [5, 5.41) is 12.4. The minimum absolute atomic E-state index is 0.135. The molecule has 2 N–H and O–H groups in total. The smallest absolute Gasteiger partial charge is 0.223 e. The van der Waals surface area contributed by atoms with E-state index in [0.29, 0.717) is 5.76 Å². The van der Waals surface area contributed by atoms with Gasteiger partial charge in [-0.1, -0.05) is 42.0 Å². The number of carbonyl (C=O) groups is 1. The number of aliphatic hydroxyl groups is 1. The third-order valence-electron chi connectivity index (χ3n) is 3.06. The molecule has 0 saturated carbocycles. The number of rotatable bonds is 6. The maximum absolute atomic E-state index is 11.7. The van der Waals surface area contributed by atoms with Crippen LogP contribution in [0.25, 0.3) is 6.08 Å². The normalized spacial score (nSPS) is 12.5. The number of hydrogen-bond acceptors (Lipinski definition) is 3. The van der Waals surface area contributed by atoms with Crippen molar-refractivity contribution in [2.45, 2.75) is 19.4 Å². The van der Waals surface area contributed by atoms with E-state index in [1.165, 1.54) is 11.8 Å². The molecule has 1 unspecified atom stereocenters. The molecule has 0 fully saturated rings. The molecular formula is C17H19NO3. The maximum atomic E-state index is 11.7. The Kier molecular flexibility index (Phi) is 5.35. The molecule has 1 atom stereocenters. The largest absolute Gasteiger partial charge is 0.467 e. The van der Waals surface area contributed by atoms with Gasteiger partial charge in [-0.3, -0.25) is 4.79 Å². The fourth-order valence-corrected chi connectivity index (χ4v) is 1.84. The number of aryl methyl sites for hydroxylation is 1. The van der Waals surface area contributed by atoms with Crippen LogP contribution >= 0.6 is 0 Å². The molecule has 1 heterocycles. The van der Waals surface area contributed by atoms with Gasteiger partial charge in [0.15, 0.2) is 0 Å². The summed E-state index contributed by atoms with van der Waals surface area (Å²) in [5.41, 5.74) is 2.26. The van der Waals surface area contributed by atoms with E-state index < -0.39 is 6.10 Å². The molecule has 0 radical (unpaired) electrons. The zero-order valence-electron chi connectivity index (χ0n) is 12.0. The standard InChI is InChI=1S/C17H19NO3/c1-13-7-9-14(10-8-13)4-2-6-17(20)18-12-15(19)16-5-3-11-21-16/h2-5,7-11,15,19H,6,12H2,1H3,(H,18,20)/b4-2+. The lowest BCUT2D eigenvalue weighted by Gasteiger charge is -2.08. The summed E-state index contributed by atoms with van der Waals surface area (Å²) in [4.78, 5) is 11.7. The second-order valence-electron chi connectivity index (χ2n) is 4.85. The van der Waals surface area contributed by atoms with Gasteiger partial charge < -0.3 is 14.8 Å².